The van der Waals surface area contributed by atoms with Crippen LogP contribution >= 0.6 is 0 Å². The average Bonchev–Trinajstić information content (AvgIpc) is 2.82. The molecule has 1 unspecified atom stereocenters. The molecule has 6 nitrogen and oxygen atoms in total. The van der Waals surface area contributed by atoms with Crippen molar-refractivity contribution in [3.63, 3.8) is 0 Å². The smallest absolute Gasteiger partial charge is 0.255 e. The maximum absolute atomic E-state index is 12.8. The number of hydrogen-bond acceptors (Lipinski definition) is 4. The number of piperidine rings is 1. The zero-order valence-corrected chi connectivity index (χ0v) is 20.0. The summed E-state index contributed by atoms with van der Waals surface area (Å²) in [7, 11) is 3.59. The van der Waals surface area contributed by atoms with E-state index in [1.165, 1.54) is 5.56 Å². The Morgan fingerprint density at radius 3 is 2.45 bits per heavy atom. The molecule has 176 valence electrons. The molecule has 4 rings (SSSR count). The van der Waals surface area contributed by atoms with Gasteiger partial charge in [-0.15, -0.1) is 0 Å². The zero-order valence-electron chi connectivity index (χ0n) is 20.0. The molecule has 2 aliphatic rings. The highest BCUT2D eigenvalue weighted by molar-refractivity contribution is 5.97. The summed E-state index contributed by atoms with van der Waals surface area (Å²) in [6.45, 7) is 5.40. The molecule has 2 aromatic rings. The molecule has 0 radical (unpaired) electrons. The number of anilines is 1. The van der Waals surface area contributed by atoms with E-state index in [2.05, 4.69) is 17.0 Å². The van der Waals surface area contributed by atoms with Crippen molar-refractivity contribution >= 4 is 17.5 Å². The Hall–Kier alpha value is -2.70. The van der Waals surface area contributed by atoms with Crippen LogP contribution in [-0.2, 0) is 27.2 Å². The molecule has 0 bridgehead atoms. The molecule has 2 heterocycles. The minimum absolute atomic E-state index is 0.0434. The lowest BCUT2D eigenvalue weighted by Crippen LogP contribution is -2.61. The molecule has 6 heteroatoms. The average molecular weight is 450 g/mol. The van der Waals surface area contributed by atoms with Crippen molar-refractivity contribution in [2.24, 2.45) is 0 Å². The van der Waals surface area contributed by atoms with Gasteiger partial charge in [-0.2, -0.15) is 0 Å². The fraction of sp³-hybridized carbons (Fsp3) is 0.481. The summed E-state index contributed by atoms with van der Waals surface area (Å²) in [6.07, 6.45) is 2.83. The highest BCUT2D eigenvalue weighted by atomic mass is 16.5. The molecular formula is C27H35N3O3. The zero-order chi connectivity index (χ0) is 23.4. The predicted molar refractivity (Wildman–Crippen MR) is 130 cm³/mol. The van der Waals surface area contributed by atoms with Crippen molar-refractivity contribution in [3.8, 4) is 0 Å². The van der Waals surface area contributed by atoms with Gasteiger partial charge in [0.25, 0.3) is 5.91 Å². The van der Waals surface area contributed by atoms with Crippen LogP contribution in [0.25, 0.3) is 0 Å². The van der Waals surface area contributed by atoms with Gasteiger partial charge in [-0.25, -0.2) is 0 Å². The summed E-state index contributed by atoms with van der Waals surface area (Å²) < 4.78 is 6.31. The number of benzene rings is 2. The Bertz CT molecular complexity index is 968. The van der Waals surface area contributed by atoms with Crippen molar-refractivity contribution in [1.82, 2.24) is 9.80 Å². The number of hydrogen-bond donors (Lipinski definition) is 0. The molecule has 0 aliphatic carbocycles. The molecule has 2 saturated heterocycles. The third-order valence-electron chi connectivity index (χ3n) is 6.88. The van der Waals surface area contributed by atoms with E-state index in [1.807, 2.05) is 54.3 Å². The van der Waals surface area contributed by atoms with E-state index < -0.39 is 6.10 Å². The Labute approximate surface area is 197 Å². The first-order valence-electron chi connectivity index (χ1n) is 11.9. The van der Waals surface area contributed by atoms with E-state index in [0.29, 0.717) is 13.0 Å². The van der Waals surface area contributed by atoms with Crippen LogP contribution in [0.1, 0.15) is 30.9 Å². The molecule has 1 atom stereocenters. The predicted octanol–water partition coefficient (Wildman–Crippen LogP) is 3.15. The van der Waals surface area contributed by atoms with Crippen LogP contribution in [0.4, 0.5) is 5.69 Å². The molecule has 0 N–H and O–H groups in total. The van der Waals surface area contributed by atoms with Gasteiger partial charge in [0.05, 0.1) is 18.6 Å². The second-order valence-corrected chi connectivity index (χ2v) is 9.58. The topological polar surface area (TPSA) is 53.1 Å². The molecule has 33 heavy (non-hydrogen) atoms. The fourth-order valence-corrected chi connectivity index (χ4v) is 4.85. The SMILES string of the molecule is CC1OC2(CCN(CCc3cccc(CC(=O)N(C)C)c3)CC2)CN(c2ccccc2)C1=O. The highest BCUT2D eigenvalue weighted by Gasteiger charge is 2.45. The van der Waals surface area contributed by atoms with Crippen LogP contribution in [0.5, 0.6) is 0 Å². The van der Waals surface area contributed by atoms with Crippen LogP contribution < -0.4 is 4.90 Å². The Morgan fingerprint density at radius 2 is 1.76 bits per heavy atom. The minimum Gasteiger partial charge on any atom is -0.360 e. The number of amides is 2. The normalized spacial score (nSPS) is 20.8. The summed E-state index contributed by atoms with van der Waals surface area (Å²) >= 11 is 0. The molecule has 0 saturated carbocycles. The van der Waals surface area contributed by atoms with Crippen molar-refractivity contribution in [3.05, 3.63) is 65.7 Å². The Balaban J connectivity index is 1.33. The van der Waals surface area contributed by atoms with E-state index in [-0.39, 0.29) is 17.4 Å². The number of likely N-dealkylation sites (N-methyl/N-ethyl adjacent to an activating group) is 1. The van der Waals surface area contributed by atoms with Gasteiger partial charge in [-0.05, 0) is 49.4 Å². The van der Waals surface area contributed by atoms with Crippen LogP contribution in [0, 0.1) is 0 Å². The molecule has 0 aromatic heterocycles. The van der Waals surface area contributed by atoms with Gasteiger partial charge >= 0.3 is 0 Å². The van der Waals surface area contributed by atoms with Gasteiger partial charge in [-0.1, -0.05) is 42.5 Å². The third kappa shape index (κ3) is 5.63. The number of para-hydroxylation sites is 1. The number of likely N-dealkylation sites (tertiary alicyclic amines) is 1. The molecule has 2 aromatic carbocycles. The van der Waals surface area contributed by atoms with E-state index >= 15 is 0 Å². The van der Waals surface area contributed by atoms with Gasteiger partial charge in [0.2, 0.25) is 5.91 Å². The number of carbonyl (C=O) groups is 2. The van der Waals surface area contributed by atoms with Crippen molar-refractivity contribution < 1.29 is 14.3 Å². The van der Waals surface area contributed by atoms with E-state index in [0.717, 1.165) is 50.1 Å². The molecule has 2 aliphatic heterocycles. The summed E-state index contributed by atoms with van der Waals surface area (Å²) in [5, 5.41) is 0. The fourth-order valence-electron chi connectivity index (χ4n) is 4.85. The minimum atomic E-state index is -0.418. The number of morpholine rings is 1. The number of rotatable bonds is 6. The van der Waals surface area contributed by atoms with E-state index in [1.54, 1.807) is 19.0 Å². The standard InChI is InChI=1S/C27H35N3O3/c1-21-26(32)30(24-10-5-4-6-11-24)20-27(33-21)13-16-29(17-14-27)15-12-22-8-7-9-23(18-22)19-25(31)28(2)3/h4-11,18,21H,12-17,19-20H2,1-3H3. The van der Waals surface area contributed by atoms with Gasteiger partial charge < -0.3 is 19.4 Å². The van der Waals surface area contributed by atoms with Crippen LogP contribution in [0.2, 0.25) is 0 Å². The van der Waals surface area contributed by atoms with Gasteiger partial charge in [-0.3, -0.25) is 9.59 Å². The quantitative estimate of drug-likeness (QED) is 0.680. The Kier molecular flexibility index (Phi) is 7.15. The lowest BCUT2D eigenvalue weighted by molar-refractivity contribution is -0.161. The van der Waals surface area contributed by atoms with E-state index in [9.17, 15) is 9.59 Å². The highest BCUT2D eigenvalue weighted by Crippen LogP contribution is 2.35. The first kappa shape index (κ1) is 23.5. The third-order valence-corrected chi connectivity index (χ3v) is 6.88. The summed E-state index contributed by atoms with van der Waals surface area (Å²) in [4.78, 5) is 30.8. The lowest BCUT2D eigenvalue weighted by Gasteiger charge is -2.49. The second-order valence-electron chi connectivity index (χ2n) is 9.58. The summed E-state index contributed by atoms with van der Waals surface area (Å²) in [6, 6.07) is 18.3. The first-order valence-corrected chi connectivity index (χ1v) is 11.9. The molecule has 2 fully saturated rings. The van der Waals surface area contributed by atoms with E-state index in [4.69, 9.17) is 4.74 Å². The Morgan fingerprint density at radius 1 is 1.06 bits per heavy atom. The number of ether oxygens (including phenoxy) is 1. The number of carbonyl (C=O) groups excluding carboxylic acids is 2. The molecular weight excluding hydrogens is 414 g/mol. The maximum atomic E-state index is 12.8. The molecule has 2 amide bonds. The lowest BCUT2D eigenvalue weighted by atomic mass is 9.88. The largest absolute Gasteiger partial charge is 0.360 e. The summed E-state index contributed by atoms with van der Waals surface area (Å²) in [5.41, 5.74) is 3.01. The summed E-state index contributed by atoms with van der Waals surface area (Å²) in [5.74, 6) is 0.167. The van der Waals surface area contributed by atoms with Crippen molar-refractivity contribution in [2.45, 2.75) is 44.3 Å². The van der Waals surface area contributed by atoms with Gasteiger partial charge in [0.1, 0.15) is 6.10 Å². The van der Waals surface area contributed by atoms with Crippen molar-refractivity contribution in [1.29, 1.82) is 0 Å². The first-order chi connectivity index (χ1) is 15.8. The maximum Gasteiger partial charge on any atom is 0.255 e. The second kappa shape index (κ2) is 10.1. The van der Waals surface area contributed by atoms with Crippen LogP contribution in [-0.4, -0.2) is 73.6 Å². The molecule has 1 spiro atoms. The monoisotopic (exact) mass is 449 g/mol. The number of nitrogens with zero attached hydrogens (tertiary/aromatic N) is 3. The van der Waals surface area contributed by atoms with Crippen molar-refractivity contribution in [2.75, 3.05) is 45.2 Å². The van der Waals surface area contributed by atoms with Crippen LogP contribution in [0.15, 0.2) is 54.6 Å². The van der Waals surface area contributed by atoms with Gasteiger partial charge in [0, 0.05) is 39.4 Å². The van der Waals surface area contributed by atoms with Gasteiger partial charge in [0.15, 0.2) is 0 Å². The van der Waals surface area contributed by atoms with Crippen LogP contribution in [0.3, 0.4) is 0 Å².